The highest BCUT2D eigenvalue weighted by molar-refractivity contribution is 9.10. The molecule has 2 rings (SSSR count). The number of aryl methyl sites for hydroxylation is 1. The van der Waals surface area contributed by atoms with Crippen LogP contribution in [0.15, 0.2) is 40.9 Å². The number of carbonyl (C=O) groups excluding carboxylic acids is 1. The molecule has 1 N–H and O–H groups in total. The minimum absolute atomic E-state index is 0.0592. The molecule has 0 spiro atoms. The van der Waals surface area contributed by atoms with Crippen molar-refractivity contribution in [1.82, 2.24) is 4.90 Å². The van der Waals surface area contributed by atoms with Crippen LogP contribution in [0.2, 0.25) is 0 Å². The Labute approximate surface area is 165 Å². The quantitative estimate of drug-likeness (QED) is 0.656. The van der Waals surface area contributed by atoms with Gasteiger partial charge in [0, 0.05) is 12.2 Å². The van der Waals surface area contributed by atoms with Gasteiger partial charge in [-0.3, -0.25) is 9.69 Å². The molecular weight excluding hydrogens is 422 g/mol. The molecule has 0 aromatic heterocycles. The number of amides is 1. The van der Waals surface area contributed by atoms with E-state index < -0.39 is 6.61 Å². The Morgan fingerprint density at radius 3 is 2.52 bits per heavy atom. The largest absolute Gasteiger partial charge is 0.493 e. The minimum atomic E-state index is -2.95. The van der Waals surface area contributed by atoms with E-state index in [0.29, 0.717) is 11.0 Å². The molecule has 2 aromatic carbocycles. The lowest BCUT2D eigenvalue weighted by atomic mass is 10.2. The number of anilines is 1. The van der Waals surface area contributed by atoms with Crippen LogP contribution >= 0.6 is 15.9 Å². The summed E-state index contributed by atoms with van der Waals surface area (Å²) in [5.41, 5.74) is 2.63. The average molecular weight is 443 g/mol. The van der Waals surface area contributed by atoms with Gasteiger partial charge in [0.15, 0.2) is 11.5 Å². The maximum Gasteiger partial charge on any atom is 0.387 e. The number of carbonyl (C=O) groups is 1. The van der Waals surface area contributed by atoms with E-state index in [4.69, 9.17) is 4.74 Å². The fourth-order valence-corrected chi connectivity index (χ4v) is 3.10. The Balaban J connectivity index is 2.00. The van der Waals surface area contributed by atoms with Crippen LogP contribution in [-0.2, 0) is 11.3 Å². The standard InChI is InChI=1S/C19H21BrF2N2O3/c1-12-4-6-14(7-5-12)23-17(25)11-24(2)10-13-8-15(20)18(27-19(21)22)16(9-13)26-3/h4-9,19H,10-11H2,1-3H3,(H,23,25). The van der Waals surface area contributed by atoms with E-state index in [-0.39, 0.29) is 24.0 Å². The van der Waals surface area contributed by atoms with Crippen molar-refractivity contribution in [2.45, 2.75) is 20.1 Å². The van der Waals surface area contributed by atoms with Crippen molar-refractivity contribution in [1.29, 1.82) is 0 Å². The van der Waals surface area contributed by atoms with Crippen LogP contribution in [0.25, 0.3) is 0 Å². The highest BCUT2D eigenvalue weighted by atomic mass is 79.9. The number of benzene rings is 2. The van der Waals surface area contributed by atoms with E-state index in [1.807, 2.05) is 31.2 Å². The van der Waals surface area contributed by atoms with Crippen LogP contribution in [-0.4, -0.2) is 38.1 Å². The van der Waals surface area contributed by atoms with Gasteiger partial charge in [0.25, 0.3) is 0 Å². The van der Waals surface area contributed by atoms with Crippen molar-refractivity contribution >= 4 is 27.5 Å². The van der Waals surface area contributed by atoms with Gasteiger partial charge < -0.3 is 14.8 Å². The SMILES string of the molecule is COc1cc(CN(C)CC(=O)Nc2ccc(C)cc2)cc(Br)c1OC(F)F. The molecule has 5 nitrogen and oxygen atoms in total. The zero-order chi connectivity index (χ0) is 20.0. The van der Waals surface area contributed by atoms with Crippen LogP contribution in [0.4, 0.5) is 14.5 Å². The molecule has 27 heavy (non-hydrogen) atoms. The number of alkyl halides is 2. The van der Waals surface area contributed by atoms with Gasteiger partial charge in [0.1, 0.15) is 0 Å². The number of methoxy groups -OCH3 is 1. The highest BCUT2D eigenvalue weighted by Gasteiger charge is 2.17. The van der Waals surface area contributed by atoms with Gasteiger partial charge in [-0.05, 0) is 59.7 Å². The molecule has 0 saturated heterocycles. The maximum absolute atomic E-state index is 12.5. The van der Waals surface area contributed by atoms with Crippen molar-refractivity contribution in [3.8, 4) is 11.5 Å². The van der Waals surface area contributed by atoms with E-state index in [1.165, 1.54) is 7.11 Å². The third-order valence-electron chi connectivity index (χ3n) is 3.70. The first kappa shape index (κ1) is 21.1. The van der Waals surface area contributed by atoms with Crippen molar-refractivity contribution in [2.24, 2.45) is 0 Å². The van der Waals surface area contributed by atoms with E-state index in [0.717, 1.165) is 16.8 Å². The van der Waals surface area contributed by atoms with Gasteiger partial charge >= 0.3 is 6.61 Å². The molecule has 0 aliphatic heterocycles. The zero-order valence-electron chi connectivity index (χ0n) is 15.3. The molecule has 2 aromatic rings. The van der Waals surface area contributed by atoms with Crippen LogP contribution in [0, 0.1) is 6.92 Å². The monoisotopic (exact) mass is 442 g/mol. The normalized spacial score (nSPS) is 11.0. The molecule has 0 heterocycles. The van der Waals surface area contributed by atoms with Crippen LogP contribution in [0.1, 0.15) is 11.1 Å². The van der Waals surface area contributed by atoms with Gasteiger partial charge in [-0.1, -0.05) is 17.7 Å². The van der Waals surface area contributed by atoms with Crippen LogP contribution in [0.3, 0.4) is 0 Å². The second-order valence-electron chi connectivity index (χ2n) is 6.07. The third kappa shape index (κ3) is 6.48. The summed E-state index contributed by atoms with van der Waals surface area (Å²) in [6.07, 6.45) is 0. The van der Waals surface area contributed by atoms with Crippen LogP contribution in [0.5, 0.6) is 11.5 Å². The molecule has 0 aliphatic rings. The summed E-state index contributed by atoms with van der Waals surface area (Å²) in [5.74, 6) is -0.0155. The van der Waals surface area contributed by atoms with E-state index >= 15 is 0 Å². The fourth-order valence-electron chi connectivity index (χ4n) is 2.52. The van der Waals surface area contributed by atoms with E-state index in [9.17, 15) is 13.6 Å². The van der Waals surface area contributed by atoms with Crippen molar-refractivity contribution in [3.63, 3.8) is 0 Å². The summed E-state index contributed by atoms with van der Waals surface area (Å²) in [6, 6.07) is 10.8. The molecule has 0 radical (unpaired) electrons. The summed E-state index contributed by atoms with van der Waals surface area (Å²) < 4.78 is 35.0. The number of nitrogens with zero attached hydrogens (tertiary/aromatic N) is 1. The lowest BCUT2D eigenvalue weighted by molar-refractivity contribution is -0.117. The molecule has 0 atom stereocenters. The summed E-state index contributed by atoms with van der Waals surface area (Å²) >= 11 is 3.22. The summed E-state index contributed by atoms with van der Waals surface area (Å²) in [6.45, 7) is -0.383. The van der Waals surface area contributed by atoms with Crippen LogP contribution < -0.4 is 14.8 Å². The molecule has 0 bridgehead atoms. The van der Waals surface area contributed by atoms with Crippen molar-refractivity contribution < 1.29 is 23.0 Å². The number of hydrogen-bond acceptors (Lipinski definition) is 4. The molecule has 0 fully saturated rings. The Bertz CT molecular complexity index is 785. The van der Waals surface area contributed by atoms with E-state index in [1.54, 1.807) is 24.1 Å². The van der Waals surface area contributed by atoms with E-state index in [2.05, 4.69) is 26.0 Å². The second kappa shape index (κ2) is 9.66. The number of likely N-dealkylation sites (N-methyl/N-ethyl adjacent to an activating group) is 1. The molecule has 0 saturated carbocycles. The van der Waals surface area contributed by atoms with Gasteiger partial charge in [0.2, 0.25) is 5.91 Å². The maximum atomic E-state index is 12.5. The number of halogens is 3. The first-order valence-corrected chi connectivity index (χ1v) is 8.94. The Morgan fingerprint density at radius 1 is 1.26 bits per heavy atom. The lowest BCUT2D eigenvalue weighted by Crippen LogP contribution is -2.29. The summed E-state index contributed by atoms with van der Waals surface area (Å²) in [5, 5.41) is 2.83. The zero-order valence-corrected chi connectivity index (χ0v) is 16.8. The lowest BCUT2D eigenvalue weighted by Gasteiger charge is -2.18. The third-order valence-corrected chi connectivity index (χ3v) is 4.29. The minimum Gasteiger partial charge on any atom is -0.493 e. The molecule has 0 aliphatic carbocycles. The first-order valence-electron chi connectivity index (χ1n) is 8.14. The highest BCUT2D eigenvalue weighted by Crippen LogP contribution is 2.37. The predicted molar refractivity (Wildman–Crippen MR) is 103 cm³/mol. The number of ether oxygens (including phenoxy) is 2. The van der Waals surface area contributed by atoms with Gasteiger partial charge in [-0.2, -0.15) is 8.78 Å². The molecule has 0 unspecified atom stereocenters. The smallest absolute Gasteiger partial charge is 0.387 e. The number of rotatable bonds is 8. The van der Waals surface area contributed by atoms with Gasteiger partial charge in [-0.25, -0.2) is 0 Å². The van der Waals surface area contributed by atoms with Gasteiger partial charge in [-0.15, -0.1) is 0 Å². The summed E-state index contributed by atoms with van der Waals surface area (Å²) in [4.78, 5) is 14.0. The summed E-state index contributed by atoms with van der Waals surface area (Å²) in [7, 11) is 3.17. The first-order chi connectivity index (χ1) is 12.8. The second-order valence-corrected chi connectivity index (χ2v) is 6.93. The Morgan fingerprint density at radius 2 is 1.93 bits per heavy atom. The Hall–Kier alpha value is -2.19. The predicted octanol–water partition coefficient (Wildman–Crippen LogP) is 4.44. The Kier molecular flexibility index (Phi) is 7.55. The average Bonchev–Trinajstić information content (AvgIpc) is 2.58. The molecule has 1 amide bonds. The number of nitrogens with one attached hydrogen (secondary N) is 1. The molecule has 8 heteroatoms. The van der Waals surface area contributed by atoms with Crippen molar-refractivity contribution in [2.75, 3.05) is 26.0 Å². The van der Waals surface area contributed by atoms with Gasteiger partial charge in [0.05, 0.1) is 18.1 Å². The molecule has 146 valence electrons. The topological polar surface area (TPSA) is 50.8 Å². The fraction of sp³-hybridized carbons (Fsp3) is 0.316. The molecular formula is C19H21BrF2N2O3. The number of hydrogen-bond donors (Lipinski definition) is 1. The van der Waals surface area contributed by atoms with Crippen molar-refractivity contribution in [3.05, 3.63) is 52.0 Å².